The molecular weight excluding hydrogens is 274 g/mol. The lowest BCUT2D eigenvalue weighted by Gasteiger charge is -2.40. The van der Waals surface area contributed by atoms with E-state index in [1.165, 1.54) is 16.9 Å². The van der Waals surface area contributed by atoms with E-state index < -0.39 is 8.32 Å². The van der Waals surface area contributed by atoms with Gasteiger partial charge in [-0.1, -0.05) is 51.1 Å². The maximum atomic E-state index is 6.59. The fourth-order valence-corrected chi connectivity index (χ4v) is 3.50. The van der Waals surface area contributed by atoms with Crippen LogP contribution in [0.3, 0.4) is 0 Å². The molecule has 0 spiro atoms. The van der Waals surface area contributed by atoms with Crippen molar-refractivity contribution in [1.82, 2.24) is 5.32 Å². The predicted molar refractivity (Wildman–Crippen MR) is 92.8 cm³/mol. The van der Waals surface area contributed by atoms with E-state index in [0.717, 1.165) is 13.0 Å². The Morgan fingerprint density at radius 3 is 2.33 bits per heavy atom. The fraction of sp³-hybridized carbons (Fsp3) is 0.556. The highest BCUT2D eigenvalue weighted by atomic mass is 28.4. The van der Waals surface area contributed by atoms with Crippen LogP contribution in [-0.2, 0) is 4.43 Å². The Kier molecular flexibility index (Phi) is 4.64. The summed E-state index contributed by atoms with van der Waals surface area (Å²) in [6.45, 7) is 14.7. The Morgan fingerprint density at radius 2 is 1.76 bits per heavy atom. The molecule has 0 bridgehead atoms. The number of nitrogens with one attached hydrogen (secondary N) is 1. The zero-order valence-corrected chi connectivity index (χ0v) is 15.3. The molecule has 1 aromatic rings. The van der Waals surface area contributed by atoms with Crippen molar-refractivity contribution in [3.8, 4) is 0 Å². The van der Waals surface area contributed by atoms with E-state index in [1.54, 1.807) is 0 Å². The molecule has 1 N–H and O–H groups in total. The minimum atomic E-state index is -1.75. The second-order valence-corrected chi connectivity index (χ2v) is 12.3. The summed E-state index contributed by atoms with van der Waals surface area (Å²) in [5.41, 5.74) is 2.70. The quantitative estimate of drug-likeness (QED) is 0.792. The molecular formula is C18H29NOSi. The first-order valence-corrected chi connectivity index (χ1v) is 10.8. The van der Waals surface area contributed by atoms with Crippen molar-refractivity contribution in [3.63, 3.8) is 0 Å². The average molecular weight is 304 g/mol. The van der Waals surface area contributed by atoms with Gasteiger partial charge in [0.25, 0.3) is 0 Å². The van der Waals surface area contributed by atoms with Crippen LogP contribution in [0.25, 0.3) is 0 Å². The van der Waals surface area contributed by atoms with Crippen LogP contribution in [0.2, 0.25) is 18.1 Å². The molecule has 2 rings (SSSR count). The van der Waals surface area contributed by atoms with Crippen molar-refractivity contribution in [3.05, 3.63) is 47.2 Å². The standard InChI is InChI=1S/C18H29NOSi/c1-14-13-19-16(15-10-8-7-9-11-15)12-17(14)20-21(5,6)18(2,3)4/h7-11,16,19H,12-13H2,1-6H3. The summed E-state index contributed by atoms with van der Waals surface area (Å²) >= 11 is 0. The van der Waals surface area contributed by atoms with Crippen molar-refractivity contribution in [2.24, 2.45) is 0 Å². The molecule has 1 aromatic carbocycles. The summed E-state index contributed by atoms with van der Waals surface area (Å²) in [6.07, 6.45) is 0.961. The highest BCUT2D eigenvalue weighted by Gasteiger charge is 2.40. The first kappa shape index (κ1) is 16.3. The highest BCUT2D eigenvalue weighted by molar-refractivity contribution is 6.74. The Morgan fingerprint density at radius 1 is 1.14 bits per heavy atom. The van der Waals surface area contributed by atoms with Gasteiger partial charge in [0.2, 0.25) is 8.32 Å². The van der Waals surface area contributed by atoms with E-state index in [4.69, 9.17) is 4.43 Å². The second-order valence-electron chi connectivity index (χ2n) is 7.61. The summed E-state index contributed by atoms with van der Waals surface area (Å²) in [5.74, 6) is 1.22. The van der Waals surface area contributed by atoms with Gasteiger partial charge < -0.3 is 9.74 Å². The van der Waals surface area contributed by atoms with Gasteiger partial charge in [-0.15, -0.1) is 0 Å². The molecule has 1 unspecified atom stereocenters. The molecule has 0 radical (unpaired) electrons. The summed E-state index contributed by atoms with van der Waals surface area (Å²) in [7, 11) is -1.75. The molecule has 1 heterocycles. The molecule has 21 heavy (non-hydrogen) atoms. The molecule has 0 fully saturated rings. The Balaban J connectivity index is 2.16. The van der Waals surface area contributed by atoms with Gasteiger partial charge in [0.15, 0.2) is 0 Å². The topological polar surface area (TPSA) is 21.3 Å². The first-order valence-electron chi connectivity index (χ1n) is 7.87. The van der Waals surface area contributed by atoms with Gasteiger partial charge in [0.05, 0.1) is 5.76 Å². The summed E-state index contributed by atoms with van der Waals surface area (Å²) in [5, 5.41) is 3.86. The third kappa shape index (κ3) is 3.77. The highest BCUT2D eigenvalue weighted by Crippen LogP contribution is 2.40. The lowest BCUT2D eigenvalue weighted by molar-refractivity contribution is 0.324. The first-order chi connectivity index (χ1) is 9.71. The lowest BCUT2D eigenvalue weighted by atomic mass is 9.97. The van der Waals surface area contributed by atoms with Crippen LogP contribution in [0.15, 0.2) is 41.7 Å². The summed E-state index contributed by atoms with van der Waals surface area (Å²) in [4.78, 5) is 0. The third-order valence-corrected chi connectivity index (χ3v) is 9.23. The zero-order chi connectivity index (χ0) is 15.7. The fourth-order valence-electron chi connectivity index (χ4n) is 2.32. The Labute approximate surface area is 130 Å². The Hall–Kier alpha value is -1.06. The SMILES string of the molecule is CC1=C(O[Si](C)(C)C(C)(C)C)CC(c2ccccc2)NC1. The largest absolute Gasteiger partial charge is 0.546 e. The van der Waals surface area contributed by atoms with E-state index in [2.05, 4.69) is 76.4 Å². The van der Waals surface area contributed by atoms with Crippen LogP contribution in [-0.4, -0.2) is 14.9 Å². The van der Waals surface area contributed by atoms with Crippen molar-refractivity contribution in [1.29, 1.82) is 0 Å². The molecule has 116 valence electrons. The summed E-state index contributed by atoms with van der Waals surface area (Å²) < 4.78 is 6.59. The van der Waals surface area contributed by atoms with Gasteiger partial charge >= 0.3 is 0 Å². The molecule has 0 amide bonds. The number of rotatable bonds is 3. The van der Waals surface area contributed by atoms with Crippen molar-refractivity contribution >= 4 is 8.32 Å². The molecule has 0 aromatic heterocycles. The normalized spacial score (nSPS) is 20.6. The van der Waals surface area contributed by atoms with Crippen LogP contribution in [0.4, 0.5) is 0 Å². The minimum absolute atomic E-state index is 0.243. The maximum Gasteiger partial charge on any atom is 0.250 e. The van der Waals surface area contributed by atoms with Crippen molar-refractivity contribution < 1.29 is 4.43 Å². The number of hydrogen-bond donors (Lipinski definition) is 1. The Bertz CT molecular complexity index is 514. The van der Waals surface area contributed by atoms with E-state index in [1.807, 2.05) is 0 Å². The van der Waals surface area contributed by atoms with Crippen molar-refractivity contribution in [2.75, 3.05) is 6.54 Å². The van der Waals surface area contributed by atoms with E-state index >= 15 is 0 Å². The van der Waals surface area contributed by atoms with Gasteiger partial charge in [-0.2, -0.15) is 0 Å². The van der Waals surface area contributed by atoms with Gasteiger partial charge in [-0.05, 0) is 36.2 Å². The summed E-state index contributed by atoms with van der Waals surface area (Å²) in [6, 6.07) is 11.0. The van der Waals surface area contributed by atoms with Gasteiger partial charge in [0, 0.05) is 19.0 Å². The molecule has 2 nitrogen and oxygen atoms in total. The van der Waals surface area contributed by atoms with Gasteiger partial charge in [-0.3, -0.25) is 0 Å². The van der Waals surface area contributed by atoms with Crippen LogP contribution in [0.5, 0.6) is 0 Å². The number of hydrogen-bond acceptors (Lipinski definition) is 2. The lowest BCUT2D eigenvalue weighted by Crippen LogP contribution is -2.42. The second kappa shape index (κ2) is 5.97. The molecule has 0 aliphatic carbocycles. The molecule has 0 saturated carbocycles. The van der Waals surface area contributed by atoms with E-state index in [0.29, 0.717) is 6.04 Å². The van der Waals surface area contributed by atoms with Gasteiger partial charge in [-0.25, -0.2) is 0 Å². The minimum Gasteiger partial charge on any atom is -0.546 e. The average Bonchev–Trinajstić information content (AvgIpc) is 2.41. The zero-order valence-electron chi connectivity index (χ0n) is 14.3. The molecule has 3 heteroatoms. The molecule has 1 aliphatic rings. The van der Waals surface area contributed by atoms with E-state index in [9.17, 15) is 0 Å². The molecule has 1 atom stereocenters. The van der Waals surface area contributed by atoms with E-state index in [-0.39, 0.29) is 5.04 Å². The van der Waals surface area contributed by atoms with Crippen LogP contribution in [0, 0.1) is 0 Å². The molecule has 0 saturated heterocycles. The van der Waals surface area contributed by atoms with Crippen LogP contribution >= 0.6 is 0 Å². The maximum absolute atomic E-state index is 6.59. The number of benzene rings is 1. The molecule has 1 aliphatic heterocycles. The van der Waals surface area contributed by atoms with Gasteiger partial charge in [0.1, 0.15) is 0 Å². The van der Waals surface area contributed by atoms with Crippen LogP contribution < -0.4 is 5.32 Å². The van der Waals surface area contributed by atoms with Crippen LogP contribution in [0.1, 0.15) is 45.7 Å². The predicted octanol–water partition coefficient (Wildman–Crippen LogP) is 5.02. The monoisotopic (exact) mass is 303 g/mol. The smallest absolute Gasteiger partial charge is 0.250 e. The third-order valence-electron chi connectivity index (χ3n) is 4.87. The van der Waals surface area contributed by atoms with Crippen molar-refractivity contribution in [2.45, 2.75) is 58.3 Å².